The highest BCUT2D eigenvalue weighted by molar-refractivity contribution is 6.32. The zero-order chi connectivity index (χ0) is 15.0. The molecule has 0 amide bonds. The van der Waals surface area contributed by atoms with E-state index in [1.54, 1.807) is 0 Å². The van der Waals surface area contributed by atoms with Crippen LogP contribution >= 0.6 is 11.6 Å². The molecule has 0 spiro atoms. The van der Waals surface area contributed by atoms with Gasteiger partial charge in [-0.25, -0.2) is 4.98 Å². The second-order valence-electron chi connectivity index (χ2n) is 5.40. The van der Waals surface area contributed by atoms with Crippen LogP contribution in [-0.4, -0.2) is 4.98 Å². The van der Waals surface area contributed by atoms with Crippen molar-refractivity contribution in [1.82, 2.24) is 4.98 Å². The first-order valence-electron chi connectivity index (χ1n) is 6.70. The summed E-state index contributed by atoms with van der Waals surface area (Å²) in [5, 5.41) is 0.731. The minimum absolute atomic E-state index is 0.591. The molecule has 3 heteroatoms. The molecule has 1 aromatic heterocycles. The fourth-order valence-corrected chi connectivity index (χ4v) is 2.60. The lowest BCUT2D eigenvalue weighted by Gasteiger charge is -2.16. The quantitative estimate of drug-likeness (QED) is 0.740. The maximum atomic E-state index is 6.34. The van der Waals surface area contributed by atoms with Gasteiger partial charge in [0.1, 0.15) is 5.75 Å². The van der Waals surface area contributed by atoms with Crippen LogP contribution in [0, 0.1) is 41.5 Å². The third-order valence-corrected chi connectivity index (χ3v) is 4.16. The Labute approximate surface area is 125 Å². The zero-order valence-electron chi connectivity index (χ0n) is 12.9. The molecule has 1 aromatic carbocycles. The molecule has 0 radical (unpaired) electrons. The van der Waals surface area contributed by atoms with Crippen LogP contribution in [0.4, 0.5) is 0 Å². The molecule has 0 bridgehead atoms. The zero-order valence-corrected chi connectivity index (χ0v) is 13.6. The van der Waals surface area contributed by atoms with E-state index < -0.39 is 0 Å². The third kappa shape index (κ3) is 2.66. The fourth-order valence-electron chi connectivity index (χ4n) is 2.38. The van der Waals surface area contributed by atoms with Gasteiger partial charge >= 0.3 is 0 Å². The van der Waals surface area contributed by atoms with Crippen molar-refractivity contribution in [2.75, 3.05) is 0 Å². The van der Waals surface area contributed by atoms with Gasteiger partial charge in [-0.3, -0.25) is 0 Å². The summed E-state index contributed by atoms with van der Waals surface area (Å²) in [7, 11) is 0. The number of benzene rings is 1. The molecule has 0 aliphatic heterocycles. The van der Waals surface area contributed by atoms with Crippen molar-refractivity contribution in [2.45, 2.75) is 41.5 Å². The Hall–Kier alpha value is -1.54. The van der Waals surface area contributed by atoms with Crippen molar-refractivity contribution >= 4 is 11.6 Å². The number of aromatic nitrogens is 1. The van der Waals surface area contributed by atoms with E-state index in [0.717, 1.165) is 38.7 Å². The summed E-state index contributed by atoms with van der Waals surface area (Å²) in [4.78, 5) is 4.53. The molecule has 1 heterocycles. The van der Waals surface area contributed by atoms with Crippen molar-refractivity contribution in [1.29, 1.82) is 0 Å². The first-order valence-corrected chi connectivity index (χ1v) is 7.08. The first-order chi connectivity index (χ1) is 9.31. The first kappa shape index (κ1) is 14.9. The Bertz CT molecular complexity index is 654. The largest absolute Gasteiger partial charge is 0.438 e. The second kappa shape index (κ2) is 5.45. The molecule has 2 aromatic rings. The van der Waals surface area contributed by atoms with Crippen LogP contribution in [0.3, 0.4) is 0 Å². The van der Waals surface area contributed by atoms with Gasteiger partial charge in [0.15, 0.2) is 0 Å². The van der Waals surface area contributed by atoms with Crippen LogP contribution in [-0.2, 0) is 0 Å². The van der Waals surface area contributed by atoms with Crippen molar-refractivity contribution in [3.63, 3.8) is 0 Å². The Balaban J connectivity index is 2.51. The maximum absolute atomic E-state index is 6.34. The highest BCUT2D eigenvalue weighted by Crippen LogP contribution is 2.34. The smallest absolute Gasteiger partial charge is 0.223 e. The van der Waals surface area contributed by atoms with Gasteiger partial charge in [0.25, 0.3) is 0 Å². The Morgan fingerprint density at radius 2 is 1.45 bits per heavy atom. The van der Waals surface area contributed by atoms with Crippen LogP contribution in [0.2, 0.25) is 5.02 Å². The van der Waals surface area contributed by atoms with Crippen molar-refractivity contribution in [2.24, 2.45) is 0 Å². The fraction of sp³-hybridized carbons (Fsp3) is 0.353. The second-order valence-corrected chi connectivity index (χ2v) is 5.77. The van der Waals surface area contributed by atoms with Gasteiger partial charge < -0.3 is 4.74 Å². The topological polar surface area (TPSA) is 22.1 Å². The van der Waals surface area contributed by atoms with Crippen molar-refractivity contribution in [3.05, 3.63) is 50.7 Å². The van der Waals surface area contributed by atoms with E-state index in [0.29, 0.717) is 5.88 Å². The minimum atomic E-state index is 0.591. The lowest BCUT2D eigenvalue weighted by atomic mass is 10.1. The highest BCUT2D eigenvalue weighted by atomic mass is 35.5. The van der Waals surface area contributed by atoms with Gasteiger partial charge in [-0.2, -0.15) is 0 Å². The number of rotatable bonds is 2. The lowest BCUT2D eigenvalue weighted by Crippen LogP contribution is -2.00. The lowest BCUT2D eigenvalue weighted by molar-refractivity contribution is 0.450. The number of ether oxygens (including phenoxy) is 1. The number of aryl methyl sites for hydroxylation is 4. The predicted molar refractivity (Wildman–Crippen MR) is 84.2 cm³/mol. The number of hydrogen-bond donors (Lipinski definition) is 0. The normalized spacial score (nSPS) is 10.8. The van der Waals surface area contributed by atoms with Crippen LogP contribution < -0.4 is 4.74 Å². The van der Waals surface area contributed by atoms with Gasteiger partial charge in [-0.05, 0) is 58.2 Å². The summed E-state index contributed by atoms with van der Waals surface area (Å²) >= 11 is 6.34. The number of pyridine rings is 1. The average molecular weight is 290 g/mol. The molecule has 0 saturated heterocycles. The summed E-state index contributed by atoms with van der Waals surface area (Å²) in [5.74, 6) is 1.46. The molecular formula is C17H20ClNO. The summed E-state index contributed by atoms with van der Waals surface area (Å²) in [6.07, 6.45) is 0. The molecule has 0 fully saturated rings. The maximum Gasteiger partial charge on any atom is 0.223 e. The van der Waals surface area contributed by atoms with Gasteiger partial charge in [0, 0.05) is 11.3 Å². The minimum Gasteiger partial charge on any atom is -0.438 e. The van der Waals surface area contributed by atoms with E-state index in [2.05, 4.69) is 24.0 Å². The van der Waals surface area contributed by atoms with Crippen LogP contribution in [0.1, 0.15) is 33.5 Å². The summed E-state index contributed by atoms with van der Waals surface area (Å²) in [6, 6.07) is 4.22. The van der Waals surface area contributed by atoms with E-state index in [1.807, 2.05) is 34.6 Å². The van der Waals surface area contributed by atoms with E-state index in [9.17, 15) is 0 Å². The van der Waals surface area contributed by atoms with E-state index in [-0.39, 0.29) is 0 Å². The van der Waals surface area contributed by atoms with Gasteiger partial charge in [-0.1, -0.05) is 29.3 Å². The van der Waals surface area contributed by atoms with Crippen molar-refractivity contribution in [3.8, 4) is 11.6 Å². The molecular weight excluding hydrogens is 270 g/mol. The summed E-state index contributed by atoms with van der Waals surface area (Å²) in [6.45, 7) is 12.0. The van der Waals surface area contributed by atoms with Gasteiger partial charge in [0.05, 0.1) is 5.02 Å². The molecule has 0 N–H and O–H groups in total. The van der Waals surface area contributed by atoms with Crippen molar-refractivity contribution < 1.29 is 4.74 Å². The van der Waals surface area contributed by atoms with E-state index >= 15 is 0 Å². The third-order valence-electron chi connectivity index (χ3n) is 3.59. The average Bonchev–Trinajstić information content (AvgIpc) is 2.37. The standard InChI is InChI=1S/C17H20ClNO/c1-9-7-10(2)16(11(3)8-9)20-17-13(5)15(18)12(4)14(6)19-17/h7-8H,1-6H3. The summed E-state index contributed by atoms with van der Waals surface area (Å²) < 4.78 is 6.05. The summed E-state index contributed by atoms with van der Waals surface area (Å²) in [5.41, 5.74) is 6.24. The number of halogens is 1. The molecule has 2 rings (SSSR count). The molecule has 20 heavy (non-hydrogen) atoms. The molecule has 106 valence electrons. The number of hydrogen-bond acceptors (Lipinski definition) is 2. The van der Waals surface area contributed by atoms with Gasteiger partial charge in [0.2, 0.25) is 5.88 Å². The SMILES string of the molecule is Cc1cc(C)c(Oc2nc(C)c(C)c(Cl)c2C)c(C)c1. The molecule has 0 unspecified atom stereocenters. The Kier molecular flexibility index (Phi) is 4.05. The molecule has 2 nitrogen and oxygen atoms in total. The van der Waals surface area contributed by atoms with E-state index in [4.69, 9.17) is 16.3 Å². The highest BCUT2D eigenvalue weighted by Gasteiger charge is 2.14. The van der Waals surface area contributed by atoms with Crippen LogP contribution in [0.15, 0.2) is 12.1 Å². The Morgan fingerprint density at radius 1 is 0.900 bits per heavy atom. The molecule has 0 atom stereocenters. The van der Waals surface area contributed by atoms with Gasteiger partial charge in [-0.15, -0.1) is 0 Å². The monoisotopic (exact) mass is 289 g/mol. The molecule has 0 aliphatic rings. The molecule has 0 saturated carbocycles. The number of nitrogens with zero attached hydrogens (tertiary/aromatic N) is 1. The van der Waals surface area contributed by atoms with Crippen LogP contribution in [0.5, 0.6) is 11.6 Å². The van der Waals surface area contributed by atoms with Crippen LogP contribution in [0.25, 0.3) is 0 Å². The predicted octanol–water partition coefficient (Wildman–Crippen LogP) is 5.38. The Morgan fingerprint density at radius 3 is 2.00 bits per heavy atom. The van der Waals surface area contributed by atoms with E-state index in [1.165, 1.54) is 5.56 Å². The molecule has 0 aliphatic carbocycles.